The first kappa shape index (κ1) is 14.9. The lowest BCUT2D eigenvalue weighted by Gasteiger charge is -1.98. The van der Waals surface area contributed by atoms with Crippen molar-refractivity contribution >= 4 is 77.2 Å². The maximum atomic E-state index is 12.5. The van der Waals surface area contributed by atoms with E-state index in [4.69, 9.17) is 23.2 Å². The molecule has 0 spiro atoms. The van der Waals surface area contributed by atoms with E-state index in [2.05, 4.69) is 10.3 Å². The van der Waals surface area contributed by atoms with Gasteiger partial charge in [0.15, 0.2) is 5.13 Å². The Morgan fingerprint density at radius 2 is 1.78 bits per heavy atom. The molecule has 0 radical (unpaired) electrons. The molecule has 0 aliphatic carbocycles. The molecule has 0 aliphatic heterocycles. The molecule has 7 heteroatoms. The molecule has 23 heavy (non-hydrogen) atoms. The Hall–Kier alpha value is -1.66. The summed E-state index contributed by atoms with van der Waals surface area (Å²) in [5.74, 6) is -0.258. The van der Waals surface area contributed by atoms with Gasteiger partial charge in [-0.3, -0.25) is 10.1 Å². The van der Waals surface area contributed by atoms with E-state index in [9.17, 15) is 4.79 Å². The molecule has 114 valence electrons. The number of thiophene rings is 1. The van der Waals surface area contributed by atoms with E-state index in [0.29, 0.717) is 25.6 Å². The molecule has 0 fully saturated rings. The Morgan fingerprint density at radius 1 is 1.00 bits per heavy atom. The average Bonchev–Trinajstić information content (AvgIpc) is 3.10. The van der Waals surface area contributed by atoms with E-state index in [-0.39, 0.29) is 5.91 Å². The van der Waals surface area contributed by atoms with Gasteiger partial charge in [-0.15, -0.1) is 11.3 Å². The number of thiazole rings is 1. The minimum Gasteiger partial charge on any atom is -0.297 e. The number of benzene rings is 2. The van der Waals surface area contributed by atoms with Crippen LogP contribution in [-0.2, 0) is 0 Å². The molecule has 1 amide bonds. The second-order valence-corrected chi connectivity index (χ2v) is 7.67. The summed E-state index contributed by atoms with van der Waals surface area (Å²) in [5, 5.41) is 5.25. The summed E-state index contributed by atoms with van der Waals surface area (Å²) in [4.78, 5) is 17.4. The van der Waals surface area contributed by atoms with Crippen molar-refractivity contribution in [1.29, 1.82) is 0 Å². The van der Waals surface area contributed by atoms with Gasteiger partial charge in [0, 0.05) is 10.1 Å². The molecule has 0 saturated heterocycles. The van der Waals surface area contributed by atoms with E-state index in [0.717, 1.165) is 14.8 Å². The number of hydrogen-bond acceptors (Lipinski definition) is 4. The molecule has 0 aliphatic rings. The largest absolute Gasteiger partial charge is 0.297 e. The summed E-state index contributed by atoms with van der Waals surface area (Å²) in [6.45, 7) is 0. The van der Waals surface area contributed by atoms with Crippen LogP contribution in [0.4, 0.5) is 5.13 Å². The lowest BCUT2D eigenvalue weighted by Crippen LogP contribution is -2.10. The van der Waals surface area contributed by atoms with E-state index < -0.39 is 0 Å². The third kappa shape index (κ3) is 2.60. The van der Waals surface area contributed by atoms with Crippen LogP contribution in [0.2, 0.25) is 10.0 Å². The predicted octanol–water partition coefficient (Wildman–Crippen LogP) is 6.07. The van der Waals surface area contributed by atoms with Crippen LogP contribution in [0.3, 0.4) is 0 Å². The Kier molecular flexibility index (Phi) is 3.73. The highest BCUT2D eigenvalue weighted by atomic mass is 35.5. The van der Waals surface area contributed by atoms with E-state index in [1.807, 2.05) is 36.4 Å². The summed E-state index contributed by atoms with van der Waals surface area (Å²) in [5.41, 5.74) is 0.692. The fourth-order valence-corrected chi connectivity index (χ4v) is 4.86. The molecule has 0 saturated carbocycles. The fraction of sp³-hybridized carbons (Fsp3) is 0. The molecule has 2 aromatic heterocycles. The minimum absolute atomic E-state index is 0.258. The third-order valence-corrected chi connectivity index (χ3v) is 6.25. The van der Waals surface area contributed by atoms with Crippen LogP contribution in [-0.4, -0.2) is 10.9 Å². The summed E-state index contributed by atoms with van der Waals surface area (Å²) < 4.78 is 1.91. The average molecular weight is 379 g/mol. The first-order valence-corrected chi connectivity index (χ1v) is 9.06. The molecule has 3 nitrogen and oxygen atoms in total. The number of rotatable bonds is 2. The molecule has 4 rings (SSSR count). The zero-order chi connectivity index (χ0) is 16.0. The number of fused-ring (bicyclic) bond motifs is 2. The van der Waals surface area contributed by atoms with Crippen LogP contribution in [0, 0.1) is 0 Å². The number of carbonyl (C=O) groups is 1. The highest BCUT2D eigenvalue weighted by Gasteiger charge is 2.18. The van der Waals surface area contributed by atoms with Crippen LogP contribution in [0.15, 0.2) is 42.5 Å². The monoisotopic (exact) mass is 378 g/mol. The SMILES string of the molecule is O=C(Nc1nc2c(Cl)cccc2s1)c1sc2ccccc2c1Cl. The highest BCUT2D eigenvalue weighted by molar-refractivity contribution is 7.23. The molecular weight excluding hydrogens is 371 g/mol. The summed E-state index contributed by atoms with van der Waals surface area (Å²) >= 11 is 15.2. The van der Waals surface area contributed by atoms with Crippen LogP contribution in [0.1, 0.15) is 9.67 Å². The van der Waals surface area contributed by atoms with Crippen molar-refractivity contribution in [2.24, 2.45) is 0 Å². The smallest absolute Gasteiger partial charge is 0.269 e. The number of nitrogens with one attached hydrogen (secondary N) is 1. The van der Waals surface area contributed by atoms with Gasteiger partial charge in [-0.2, -0.15) is 0 Å². The van der Waals surface area contributed by atoms with Crippen molar-refractivity contribution in [2.45, 2.75) is 0 Å². The zero-order valence-electron chi connectivity index (χ0n) is 11.5. The number of carbonyl (C=O) groups excluding carboxylic acids is 1. The van der Waals surface area contributed by atoms with E-state index >= 15 is 0 Å². The summed E-state index contributed by atoms with van der Waals surface area (Å²) in [6.07, 6.45) is 0. The Balaban J connectivity index is 1.70. The first-order chi connectivity index (χ1) is 11.1. The Morgan fingerprint density at radius 3 is 2.57 bits per heavy atom. The topological polar surface area (TPSA) is 42.0 Å². The van der Waals surface area contributed by atoms with E-state index in [1.165, 1.54) is 22.7 Å². The van der Waals surface area contributed by atoms with Crippen LogP contribution < -0.4 is 5.32 Å². The fourth-order valence-electron chi connectivity index (χ4n) is 2.28. The van der Waals surface area contributed by atoms with Crippen molar-refractivity contribution in [3.63, 3.8) is 0 Å². The lowest BCUT2D eigenvalue weighted by atomic mass is 10.2. The second-order valence-electron chi connectivity index (χ2n) is 4.80. The number of para-hydroxylation sites is 1. The molecule has 0 atom stereocenters. The van der Waals surface area contributed by atoms with Gasteiger partial charge in [-0.05, 0) is 18.2 Å². The Bertz CT molecular complexity index is 1050. The standard InChI is InChI=1S/C16H8Cl2N2OS2/c17-9-5-3-7-11-13(9)19-16(23-11)20-15(21)14-12(18)8-4-1-2-6-10(8)22-14/h1-7H,(H,19,20,21). The minimum atomic E-state index is -0.258. The maximum absolute atomic E-state index is 12.5. The van der Waals surface area contributed by atoms with Crippen LogP contribution in [0.5, 0.6) is 0 Å². The highest BCUT2D eigenvalue weighted by Crippen LogP contribution is 2.36. The van der Waals surface area contributed by atoms with Gasteiger partial charge in [-0.25, -0.2) is 4.98 Å². The number of halogens is 2. The van der Waals surface area contributed by atoms with Crippen molar-refractivity contribution in [3.05, 3.63) is 57.4 Å². The molecule has 0 bridgehead atoms. The Labute approximate surface area is 149 Å². The van der Waals surface area contributed by atoms with E-state index in [1.54, 1.807) is 6.07 Å². The van der Waals surface area contributed by atoms with Crippen molar-refractivity contribution in [2.75, 3.05) is 5.32 Å². The third-order valence-electron chi connectivity index (χ3n) is 3.33. The van der Waals surface area contributed by atoms with Gasteiger partial charge in [0.2, 0.25) is 0 Å². The molecule has 4 aromatic rings. The first-order valence-electron chi connectivity index (χ1n) is 6.67. The second kappa shape index (κ2) is 5.76. The number of nitrogens with zero attached hydrogens (tertiary/aromatic N) is 1. The van der Waals surface area contributed by atoms with Gasteiger partial charge in [0.1, 0.15) is 10.4 Å². The normalized spacial score (nSPS) is 11.2. The van der Waals surface area contributed by atoms with Crippen LogP contribution >= 0.6 is 45.9 Å². The number of hydrogen-bond donors (Lipinski definition) is 1. The summed E-state index contributed by atoms with van der Waals surface area (Å²) in [7, 11) is 0. The van der Waals surface area contributed by atoms with Gasteiger partial charge < -0.3 is 0 Å². The van der Waals surface area contributed by atoms with Crippen molar-refractivity contribution in [1.82, 2.24) is 4.98 Å². The quantitative estimate of drug-likeness (QED) is 0.459. The predicted molar refractivity (Wildman–Crippen MR) is 99.4 cm³/mol. The zero-order valence-corrected chi connectivity index (χ0v) is 14.6. The van der Waals surface area contributed by atoms with Crippen molar-refractivity contribution < 1.29 is 4.79 Å². The van der Waals surface area contributed by atoms with Gasteiger partial charge in [-0.1, -0.05) is 58.8 Å². The van der Waals surface area contributed by atoms with Gasteiger partial charge in [0.25, 0.3) is 5.91 Å². The molecule has 2 heterocycles. The molecular formula is C16H8Cl2N2OS2. The van der Waals surface area contributed by atoms with Gasteiger partial charge >= 0.3 is 0 Å². The number of aromatic nitrogens is 1. The molecule has 2 aromatic carbocycles. The van der Waals surface area contributed by atoms with Crippen molar-refractivity contribution in [3.8, 4) is 0 Å². The molecule has 0 unspecified atom stereocenters. The maximum Gasteiger partial charge on any atom is 0.269 e. The lowest BCUT2D eigenvalue weighted by molar-refractivity contribution is 0.103. The number of anilines is 1. The number of amides is 1. The van der Waals surface area contributed by atoms with Crippen LogP contribution in [0.25, 0.3) is 20.3 Å². The van der Waals surface area contributed by atoms with Gasteiger partial charge in [0.05, 0.1) is 14.7 Å². The molecule has 1 N–H and O–H groups in total. The summed E-state index contributed by atoms with van der Waals surface area (Å²) in [6, 6.07) is 13.2.